The summed E-state index contributed by atoms with van der Waals surface area (Å²) in [4.78, 5) is 30.2. The highest BCUT2D eigenvalue weighted by Gasteiger charge is 2.54. The van der Waals surface area contributed by atoms with Crippen LogP contribution in [-0.2, 0) is 9.59 Å². The van der Waals surface area contributed by atoms with Crippen molar-refractivity contribution in [2.24, 2.45) is 5.41 Å². The summed E-state index contributed by atoms with van der Waals surface area (Å²) in [6.07, 6.45) is 5.96. The summed E-state index contributed by atoms with van der Waals surface area (Å²) in [7, 11) is 1.79. The van der Waals surface area contributed by atoms with E-state index in [1.807, 2.05) is 18.2 Å². The molecule has 2 amide bonds. The fourth-order valence-corrected chi connectivity index (χ4v) is 5.44. The Kier molecular flexibility index (Phi) is 4.16. The minimum atomic E-state index is 0.0577. The molecule has 3 fully saturated rings. The van der Waals surface area contributed by atoms with Crippen molar-refractivity contribution >= 4 is 34.5 Å². The largest absolute Gasteiger partial charge is 0.440 e. The highest BCUT2D eigenvalue weighted by Crippen LogP contribution is 2.61. The van der Waals surface area contributed by atoms with Gasteiger partial charge in [0.25, 0.3) is 0 Å². The van der Waals surface area contributed by atoms with Crippen molar-refractivity contribution in [3.63, 3.8) is 0 Å². The van der Waals surface area contributed by atoms with Crippen LogP contribution in [0.1, 0.15) is 56.8 Å². The van der Waals surface area contributed by atoms with E-state index in [0.717, 1.165) is 49.1 Å². The fraction of sp³-hybridized carbons (Fsp3) is 0.571. The lowest BCUT2D eigenvalue weighted by Crippen LogP contribution is -2.56. The van der Waals surface area contributed by atoms with E-state index >= 15 is 0 Å². The second kappa shape index (κ2) is 6.48. The molecule has 2 saturated carbocycles. The fourth-order valence-electron chi connectivity index (χ4n) is 5.28. The number of nitrogens with zero attached hydrogens (tertiary/aromatic N) is 2. The molecule has 148 valence electrons. The van der Waals surface area contributed by atoms with Gasteiger partial charge in [0, 0.05) is 42.9 Å². The molecule has 1 unspecified atom stereocenters. The number of amides is 2. The molecule has 1 spiro atoms. The van der Waals surface area contributed by atoms with E-state index < -0.39 is 0 Å². The second-order valence-electron chi connectivity index (χ2n) is 8.84. The number of carbonyl (C=O) groups excluding carboxylic acids is 2. The summed E-state index contributed by atoms with van der Waals surface area (Å²) in [5.41, 5.74) is 1.94. The Balaban J connectivity index is 1.11. The number of oxazole rings is 1. The van der Waals surface area contributed by atoms with E-state index in [1.54, 1.807) is 11.9 Å². The van der Waals surface area contributed by atoms with Gasteiger partial charge in [-0.3, -0.25) is 9.59 Å². The summed E-state index contributed by atoms with van der Waals surface area (Å²) >= 11 is 6.02. The SMILES string of the molecule is CN1C(=O)CCC1CC(=O)NC1CC2(C1)CC(c1nc3cc(Cl)ccc3o1)C2. The molecule has 1 aromatic heterocycles. The van der Waals surface area contributed by atoms with Gasteiger partial charge < -0.3 is 14.6 Å². The molecule has 5 rings (SSSR count). The molecule has 0 radical (unpaired) electrons. The molecule has 1 N–H and O–H groups in total. The maximum absolute atomic E-state index is 12.3. The normalized spacial score (nSPS) is 31.9. The van der Waals surface area contributed by atoms with Crippen molar-refractivity contribution in [3.05, 3.63) is 29.1 Å². The monoisotopic (exact) mass is 401 g/mol. The van der Waals surface area contributed by atoms with Gasteiger partial charge in [-0.2, -0.15) is 0 Å². The Morgan fingerprint density at radius 3 is 2.86 bits per heavy atom. The predicted octanol–water partition coefficient (Wildman–Crippen LogP) is 3.63. The van der Waals surface area contributed by atoms with Crippen molar-refractivity contribution in [2.45, 2.75) is 62.9 Å². The van der Waals surface area contributed by atoms with E-state index in [-0.39, 0.29) is 23.9 Å². The van der Waals surface area contributed by atoms with Crippen molar-refractivity contribution in [1.29, 1.82) is 0 Å². The molecule has 2 aromatic rings. The van der Waals surface area contributed by atoms with Crippen LogP contribution in [0.15, 0.2) is 22.6 Å². The lowest BCUT2D eigenvalue weighted by atomic mass is 9.50. The molecule has 1 atom stereocenters. The summed E-state index contributed by atoms with van der Waals surface area (Å²) in [6, 6.07) is 5.84. The van der Waals surface area contributed by atoms with Crippen LogP contribution >= 0.6 is 11.6 Å². The first-order valence-corrected chi connectivity index (χ1v) is 10.4. The standard InChI is InChI=1S/C21H24ClN3O3/c1-25-15(3-5-19(25)27)7-18(26)23-14-10-21(11-14)8-12(9-21)20-24-16-6-13(22)2-4-17(16)28-20/h2,4,6,12,14-15H,3,5,7-11H2,1H3,(H,23,26). The number of likely N-dealkylation sites (tertiary alicyclic amines) is 1. The maximum atomic E-state index is 12.3. The molecule has 1 saturated heterocycles. The third-order valence-electron chi connectivity index (χ3n) is 6.85. The Labute approximate surface area is 168 Å². The first-order valence-electron chi connectivity index (χ1n) is 10.0. The average Bonchev–Trinajstić information content (AvgIpc) is 3.13. The van der Waals surface area contributed by atoms with E-state index in [0.29, 0.717) is 29.2 Å². The van der Waals surface area contributed by atoms with Crippen molar-refractivity contribution in [1.82, 2.24) is 15.2 Å². The third kappa shape index (κ3) is 3.08. The van der Waals surface area contributed by atoms with E-state index in [1.165, 1.54) is 0 Å². The first-order chi connectivity index (χ1) is 13.4. The number of rotatable bonds is 4. The lowest BCUT2D eigenvalue weighted by molar-refractivity contribution is -0.129. The average molecular weight is 402 g/mol. The number of hydrogen-bond donors (Lipinski definition) is 1. The number of fused-ring (bicyclic) bond motifs is 1. The van der Waals surface area contributed by atoms with Crippen molar-refractivity contribution in [3.8, 4) is 0 Å². The van der Waals surface area contributed by atoms with Crippen molar-refractivity contribution in [2.75, 3.05) is 7.05 Å². The van der Waals surface area contributed by atoms with Crippen LogP contribution in [0.2, 0.25) is 5.02 Å². The molecular formula is C21H24ClN3O3. The molecule has 1 aliphatic heterocycles. The smallest absolute Gasteiger partial charge is 0.222 e. The molecular weight excluding hydrogens is 378 g/mol. The van der Waals surface area contributed by atoms with Crippen LogP contribution in [0.4, 0.5) is 0 Å². The van der Waals surface area contributed by atoms with Gasteiger partial charge in [-0.1, -0.05) is 11.6 Å². The highest BCUT2D eigenvalue weighted by molar-refractivity contribution is 6.31. The zero-order chi connectivity index (χ0) is 19.5. The van der Waals surface area contributed by atoms with Crippen LogP contribution in [0.25, 0.3) is 11.1 Å². The van der Waals surface area contributed by atoms with Gasteiger partial charge in [-0.25, -0.2) is 4.98 Å². The number of halogens is 1. The first kappa shape index (κ1) is 18.0. The van der Waals surface area contributed by atoms with Gasteiger partial charge in [-0.05, 0) is 55.7 Å². The van der Waals surface area contributed by atoms with Crippen LogP contribution in [0.5, 0.6) is 0 Å². The Bertz CT molecular complexity index is 942. The summed E-state index contributed by atoms with van der Waals surface area (Å²) in [5, 5.41) is 3.82. The molecule has 3 aliphatic rings. The highest BCUT2D eigenvalue weighted by atomic mass is 35.5. The minimum absolute atomic E-state index is 0.0577. The molecule has 28 heavy (non-hydrogen) atoms. The zero-order valence-corrected chi connectivity index (χ0v) is 16.7. The zero-order valence-electron chi connectivity index (χ0n) is 15.9. The number of benzene rings is 1. The summed E-state index contributed by atoms with van der Waals surface area (Å²) in [6.45, 7) is 0. The van der Waals surface area contributed by atoms with E-state index in [9.17, 15) is 9.59 Å². The quantitative estimate of drug-likeness (QED) is 0.848. The molecule has 6 nitrogen and oxygen atoms in total. The number of carbonyl (C=O) groups is 2. The van der Waals surface area contributed by atoms with Gasteiger partial charge in [0.15, 0.2) is 11.5 Å². The van der Waals surface area contributed by atoms with E-state index in [2.05, 4.69) is 10.3 Å². The second-order valence-corrected chi connectivity index (χ2v) is 9.28. The Morgan fingerprint density at radius 1 is 1.36 bits per heavy atom. The van der Waals surface area contributed by atoms with Crippen LogP contribution in [0, 0.1) is 5.41 Å². The van der Waals surface area contributed by atoms with Gasteiger partial charge in [0.2, 0.25) is 11.8 Å². The van der Waals surface area contributed by atoms with Crippen LogP contribution in [0.3, 0.4) is 0 Å². The van der Waals surface area contributed by atoms with Gasteiger partial charge >= 0.3 is 0 Å². The Hall–Kier alpha value is -2.08. The minimum Gasteiger partial charge on any atom is -0.440 e. The van der Waals surface area contributed by atoms with E-state index in [4.69, 9.17) is 16.0 Å². The number of aromatic nitrogens is 1. The predicted molar refractivity (Wildman–Crippen MR) is 105 cm³/mol. The lowest BCUT2D eigenvalue weighted by Gasteiger charge is -2.57. The number of hydrogen-bond acceptors (Lipinski definition) is 4. The number of nitrogens with one attached hydrogen (secondary N) is 1. The van der Waals surface area contributed by atoms with Gasteiger partial charge in [0.05, 0.1) is 0 Å². The Morgan fingerprint density at radius 2 is 2.14 bits per heavy atom. The summed E-state index contributed by atoms with van der Waals surface area (Å²) in [5.74, 6) is 1.38. The van der Waals surface area contributed by atoms with Gasteiger partial charge in [0.1, 0.15) is 5.52 Å². The molecule has 7 heteroatoms. The summed E-state index contributed by atoms with van der Waals surface area (Å²) < 4.78 is 5.90. The van der Waals surface area contributed by atoms with Crippen LogP contribution in [-0.4, -0.2) is 40.8 Å². The topological polar surface area (TPSA) is 75.4 Å². The molecule has 2 heterocycles. The maximum Gasteiger partial charge on any atom is 0.222 e. The van der Waals surface area contributed by atoms with Crippen LogP contribution < -0.4 is 5.32 Å². The molecule has 2 aliphatic carbocycles. The van der Waals surface area contributed by atoms with Gasteiger partial charge in [-0.15, -0.1) is 0 Å². The molecule has 1 aromatic carbocycles. The molecule has 0 bridgehead atoms. The van der Waals surface area contributed by atoms with Crippen molar-refractivity contribution < 1.29 is 14.0 Å². The third-order valence-corrected chi connectivity index (χ3v) is 7.09.